The van der Waals surface area contributed by atoms with Gasteiger partial charge in [-0.25, -0.2) is 8.42 Å². The van der Waals surface area contributed by atoms with Crippen LogP contribution < -0.4 is 5.73 Å². The first-order valence-corrected chi connectivity index (χ1v) is 6.03. The summed E-state index contributed by atoms with van der Waals surface area (Å²) in [7, 11) is -3.24. The molecule has 0 atom stereocenters. The van der Waals surface area contributed by atoms with Gasteiger partial charge in [0.1, 0.15) is 0 Å². The molecule has 0 radical (unpaired) electrons. The minimum absolute atomic E-state index is 0.0377. The summed E-state index contributed by atoms with van der Waals surface area (Å²) in [5, 5.41) is 0. The van der Waals surface area contributed by atoms with Crippen molar-refractivity contribution in [1.82, 2.24) is 0 Å². The fourth-order valence-corrected chi connectivity index (χ4v) is 2.92. The van der Waals surface area contributed by atoms with Crippen molar-refractivity contribution in [2.45, 2.75) is 24.3 Å². The van der Waals surface area contributed by atoms with Crippen molar-refractivity contribution in [2.24, 2.45) is 5.73 Å². The molecule has 14 heavy (non-hydrogen) atoms. The first-order valence-electron chi connectivity index (χ1n) is 4.38. The first-order chi connectivity index (χ1) is 6.31. The quantitative estimate of drug-likeness (QED) is 0.820. The standard InChI is InChI=1S/C10H15NO2S/c1-10(2,11)8-14(12,13)9-6-4-3-5-7-9/h3-7H,8,11H2,1-2H3. The summed E-state index contributed by atoms with van der Waals surface area (Å²) in [5.74, 6) is -0.0377. The van der Waals surface area contributed by atoms with Gasteiger partial charge in [-0.05, 0) is 26.0 Å². The van der Waals surface area contributed by atoms with E-state index in [-0.39, 0.29) is 5.75 Å². The maximum atomic E-state index is 11.8. The number of hydrogen-bond donors (Lipinski definition) is 1. The van der Waals surface area contributed by atoms with Crippen LogP contribution in [0.5, 0.6) is 0 Å². The summed E-state index contributed by atoms with van der Waals surface area (Å²) in [6.07, 6.45) is 0. The summed E-state index contributed by atoms with van der Waals surface area (Å²) >= 11 is 0. The third kappa shape index (κ3) is 3.12. The van der Waals surface area contributed by atoms with Gasteiger partial charge < -0.3 is 5.73 Å². The molecule has 3 nitrogen and oxygen atoms in total. The predicted molar refractivity (Wildman–Crippen MR) is 56.8 cm³/mol. The van der Waals surface area contributed by atoms with Crippen molar-refractivity contribution in [3.63, 3.8) is 0 Å². The van der Waals surface area contributed by atoms with E-state index in [0.29, 0.717) is 4.90 Å². The predicted octanol–water partition coefficient (Wildman–Crippen LogP) is 1.20. The largest absolute Gasteiger partial charge is 0.325 e. The Morgan fingerprint density at radius 2 is 1.71 bits per heavy atom. The second-order valence-electron chi connectivity index (χ2n) is 4.06. The molecule has 0 aliphatic carbocycles. The Morgan fingerprint density at radius 1 is 1.21 bits per heavy atom. The van der Waals surface area contributed by atoms with Crippen LogP contribution in [0.1, 0.15) is 13.8 Å². The van der Waals surface area contributed by atoms with Crippen molar-refractivity contribution < 1.29 is 8.42 Å². The van der Waals surface area contributed by atoms with Gasteiger partial charge in [0.15, 0.2) is 9.84 Å². The van der Waals surface area contributed by atoms with Gasteiger partial charge in [-0.15, -0.1) is 0 Å². The number of benzene rings is 1. The van der Waals surface area contributed by atoms with Crippen molar-refractivity contribution in [3.05, 3.63) is 30.3 Å². The molecule has 0 amide bonds. The van der Waals surface area contributed by atoms with Crippen LogP contribution in [-0.2, 0) is 9.84 Å². The van der Waals surface area contributed by atoms with Gasteiger partial charge in [-0.3, -0.25) is 0 Å². The van der Waals surface area contributed by atoms with Crippen molar-refractivity contribution >= 4 is 9.84 Å². The minimum atomic E-state index is -3.24. The van der Waals surface area contributed by atoms with Gasteiger partial charge in [-0.2, -0.15) is 0 Å². The molecular weight excluding hydrogens is 198 g/mol. The Morgan fingerprint density at radius 3 is 2.14 bits per heavy atom. The second-order valence-corrected chi connectivity index (χ2v) is 6.05. The number of hydrogen-bond acceptors (Lipinski definition) is 3. The van der Waals surface area contributed by atoms with Crippen molar-refractivity contribution in [1.29, 1.82) is 0 Å². The van der Waals surface area contributed by atoms with E-state index in [1.165, 1.54) is 0 Å². The lowest BCUT2D eigenvalue weighted by atomic mass is 10.1. The fraction of sp³-hybridized carbons (Fsp3) is 0.400. The molecule has 4 heteroatoms. The second kappa shape index (κ2) is 3.71. The summed E-state index contributed by atoms with van der Waals surface area (Å²) < 4.78 is 23.5. The summed E-state index contributed by atoms with van der Waals surface area (Å²) in [5.41, 5.74) is 4.98. The average molecular weight is 213 g/mol. The van der Waals surface area contributed by atoms with Gasteiger partial charge in [0.05, 0.1) is 10.6 Å². The van der Waals surface area contributed by atoms with Crippen LogP contribution in [0.25, 0.3) is 0 Å². The molecule has 0 aliphatic rings. The summed E-state index contributed by atoms with van der Waals surface area (Å²) in [6, 6.07) is 8.36. The van der Waals surface area contributed by atoms with Crippen molar-refractivity contribution in [2.75, 3.05) is 5.75 Å². The monoisotopic (exact) mass is 213 g/mol. The van der Waals surface area contributed by atoms with E-state index >= 15 is 0 Å². The number of sulfone groups is 1. The molecule has 0 aliphatic heterocycles. The molecule has 0 saturated heterocycles. The summed E-state index contributed by atoms with van der Waals surface area (Å²) in [4.78, 5) is 0.332. The number of rotatable bonds is 3. The van der Waals surface area contributed by atoms with Gasteiger partial charge in [0.2, 0.25) is 0 Å². The van der Waals surface area contributed by atoms with Crippen LogP contribution in [0.2, 0.25) is 0 Å². The molecule has 1 rings (SSSR count). The molecule has 1 aromatic carbocycles. The molecule has 1 aromatic rings. The Labute approximate surface area is 84.9 Å². The zero-order valence-corrected chi connectivity index (χ0v) is 9.21. The van der Waals surface area contributed by atoms with Crippen LogP contribution >= 0.6 is 0 Å². The van der Waals surface area contributed by atoms with Gasteiger partial charge >= 0.3 is 0 Å². The maximum absolute atomic E-state index is 11.8. The van der Waals surface area contributed by atoms with E-state index < -0.39 is 15.4 Å². The minimum Gasteiger partial charge on any atom is -0.325 e. The normalized spacial score (nSPS) is 12.8. The lowest BCUT2D eigenvalue weighted by molar-refractivity contribution is 0.544. The highest BCUT2D eigenvalue weighted by atomic mass is 32.2. The summed E-state index contributed by atoms with van der Waals surface area (Å²) in [6.45, 7) is 3.40. The maximum Gasteiger partial charge on any atom is 0.180 e. The van der Waals surface area contributed by atoms with Gasteiger partial charge in [0.25, 0.3) is 0 Å². The van der Waals surface area contributed by atoms with E-state index in [0.717, 1.165) is 0 Å². The van der Waals surface area contributed by atoms with E-state index in [2.05, 4.69) is 0 Å². The van der Waals surface area contributed by atoms with E-state index in [1.807, 2.05) is 0 Å². The third-order valence-corrected chi connectivity index (χ3v) is 3.78. The zero-order valence-electron chi connectivity index (χ0n) is 8.40. The van der Waals surface area contributed by atoms with Crippen LogP contribution in [0.4, 0.5) is 0 Å². The number of nitrogens with two attached hydrogens (primary N) is 1. The fourth-order valence-electron chi connectivity index (χ4n) is 1.20. The Bertz CT molecular complexity index is 390. The van der Waals surface area contributed by atoms with E-state index in [4.69, 9.17) is 5.73 Å². The molecule has 0 heterocycles. The Kier molecular flexibility index (Phi) is 2.97. The Hall–Kier alpha value is -0.870. The molecule has 2 N–H and O–H groups in total. The van der Waals surface area contributed by atoms with Crippen molar-refractivity contribution in [3.8, 4) is 0 Å². The molecule has 0 bridgehead atoms. The molecule has 0 aromatic heterocycles. The Balaban J connectivity index is 2.99. The zero-order chi connectivity index (χ0) is 10.8. The van der Waals surface area contributed by atoms with Gasteiger partial charge in [-0.1, -0.05) is 18.2 Å². The molecule has 0 fully saturated rings. The lowest BCUT2D eigenvalue weighted by Gasteiger charge is -2.18. The highest BCUT2D eigenvalue weighted by Crippen LogP contribution is 2.14. The van der Waals surface area contributed by atoms with Gasteiger partial charge in [0, 0.05) is 5.54 Å². The molecular formula is C10H15NO2S. The highest BCUT2D eigenvalue weighted by Gasteiger charge is 2.23. The lowest BCUT2D eigenvalue weighted by Crippen LogP contribution is -2.39. The van der Waals surface area contributed by atoms with Crippen LogP contribution in [0.15, 0.2) is 35.2 Å². The van der Waals surface area contributed by atoms with E-state index in [1.54, 1.807) is 44.2 Å². The van der Waals surface area contributed by atoms with Crippen LogP contribution in [-0.4, -0.2) is 19.7 Å². The first kappa shape index (κ1) is 11.2. The topological polar surface area (TPSA) is 60.2 Å². The van der Waals surface area contributed by atoms with Crippen LogP contribution in [0.3, 0.4) is 0 Å². The molecule has 0 spiro atoms. The third-order valence-electron chi connectivity index (χ3n) is 1.66. The molecule has 0 saturated carbocycles. The van der Waals surface area contributed by atoms with E-state index in [9.17, 15) is 8.42 Å². The molecule has 0 unspecified atom stereocenters. The molecule has 78 valence electrons. The van der Waals surface area contributed by atoms with Crippen LogP contribution in [0, 0.1) is 0 Å². The highest BCUT2D eigenvalue weighted by molar-refractivity contribution is 7.91. The SMILES string of the molecule is CC(C)(N)CS(=O)(=O)c1ccccc1. The average Bonchev–Trinajstić information content (AvgIpc) is 2.01. The smallest absolute Gasteiger partial charge is 0.180 e.